The topological polar surface area (TPSA) is 81.9 Å². The number of thiophene rings is 2. The zero-order valence-electron chi connectivity index (χ0n) is 15.6. The van der Waals surface area contributed by atoms with Crippen molar-refractivity contribution in [3.63, 3.8) is 0 Å². The molecule has 0 spiro atoms. The van der Waals surface area contributed by atoms with Gasteiger partial charge in [0.1, 0.15) is 6.04 Å². The number of hydrogen-bond acceptors (Lipinski definition) is 7. The van der Waals surface area contributed by atoms with E-state index in [-0.39, 0.29) is 25.7 Å². The van der Waals surface area contributed by atoms with Crippen LogP contribution >= 0.6 is 22.7 Å². The maximum Gasteiger partial charge on any atom is 0.410 e. The first-order chi connectivity index (χ1) is 13.1. The summed E-state index contributed by atoms with van der Waals surface area (Å²) in [6.07, 6.45) is 0.107. The SMILES string of the molecule is CCOC(=O)C(C(CN)c1cccs1)N(CCc1cccs1)C(=O)OCC. The van der Waals surface area contributed by atoms with Crippen molar-refractivity contribution in [3.05, 3.63) is 44.8 Å². The molecule has 0 saturated heterocycles. The molecule has 1 amide bonds. The summed E-state index contributed by atoms with van der Waals surface area (Å²) >= 11 is 3.13. The molecule has 0 saturated carbocycles. The molecule has 0 aliphatic heterocycles. The molecule has 2 N–H and O–H groups in total. The van der Waals surface area contributed by atoms with E-state index in [2.05, 4.69) is 0 Å². The van der Waals surface area contributed by atoms with Gasteiger partial charge in [-0.05, 0) is 43.2 Å². The van der Waals surface area contributed by atoms with Gasteiger partial charge < -0.3 is 15.2 Å². The molecule has 2 heterocycles. The second kappa shape index (κ2) is 11.1. The highest BCUT2D eigenvalue weighted by atomic mass is 32.1. The van der Waals surface area contributed by atoms with Crippen LogP contribution in [0.15, 0.2) is 35.0 Å². The van der Waals surface area contributed by atoms with Crippen LogP contribution in [0.4, 0.5) is 4.79 Å². The molecular formula is C19H26N2O4S2. The molecule has 8 heteroatoms. The van der Waals surface area contributed by atoms with E-state index in [0.29, 0.717) is 13.0 Å². The summed E-state index contributed by atoms with van der Waals surface area (Å²) in [6.45, 7) is 4.53. The highest BCUT2D eigenvalue weighted by Crippen LogP contribution is 2.28. The Hall–Kier alpha value is -1.90. The standard InChI is InChI=1S/C19H26N2O4S2/c1-3-24-18(22)17(15(13-20)16-8-6-12-27-16)21(19(23)25-4-2)10-9-14-7-5-11-26-14/h5-8,11-12,15,17H,3-4,9-10,13,20H2,1-2H3. The van der Waals surface area contributed by atoms with E-state index >= 15 is 0 Å². The summed E-state index contributed by atoms with van der Waals surface area (Å²) < 4.78 is 10.5. The minimum absolute atomic E-state index is 0.221. The van der Waals surface area contributed by atoms with E-state index < -0.39 is 18.1 Å². The zero-order valence-corrected chi connectivity index (χ0v) is 17.3. The van der Waals surface area contributed by atoms with Crippen LogP contribution in [-0.2, 0) is 20.7 Å². The maximum atomic E-state index is 12.8. The normalized spacial score (nSPS) is 13.0. The van der Waals surface area contributed by atoms with Crippen molar-refractivity contribution < 1.29 is 19.1 Å². The summed E-state index contributed by atoms with van der Waals surface area (Å²) in [5.74, 6) is -0.808. The molecule has 148 valence electrons. The minimum Gasteiger partial charge on any atom is -0.464 e. The Morgan fingerprint density at radius 1 is 1.11 bits per heavy atom. The summed E-state index contributed by atoms with van der Waals surface area (Å²) in [5, 5.41) is 3.92. The summed E-state index contributed by atoms with van der Waals surface area (Å²) in [7, 11) is 0. The van der Waals surface area contributed by atoms with Crippen LogP contribution in [0.1, 0.15) is 29.5 Å². The molecule has 2 aromatic rings. The van der Waals surface area contributed by atoms with Gasteiger partial charge in [-0.25, -0.2) is 9.59 Å². The summed E-state index contributed by atoms with van der Waals surface area (Å²) in [6, 6.07) is 6.98. The molecule has 2 atom stereocenters. The van der Waals surface area contributed by atoms with E-state index in [4.69, 9.17) is 15.2 Å². The Morgan fingerprint density at radius 3 is 2.37 bits per heavy atom. The fourth-order valence-corrected chi connectivity index (χ4v) is 4.44. The van der Waals surface area contributed by atoms with E-state index in [0.717, 1.165) is 9.75 Å². The minimum atomic E-state index is -0.826. The smallest absolute Gasteiger partial charge is 0.410 e. The number of esters is 1. The van der Waals surface area contributed by atoms with Gasteiger partial charge in [0.25, 0.3) is 0 Å². The maximum absolute atomic E-state index is 12.8. The first kappa shape index (κ1) is 21.4. The van der Waals surface area contributed by atoms with Crippen LogP contribution in [0.3, 0.4) is 0 Å². The Bertz CT molecular complexity index is 689. The molecule has 2 rings (SSSR count). The molecule has 0 aromatic carbocycles. The lowest BCUT2D eigenvalue weighted by Gasteiger charge is -2.33. The van der Waals surface area contributed by atoms with Gasteiger partial charge >= 0.3 is 12.1 Å². The van der Waals surface area contributed by atoms with Crippen LogP contribution in [0.2, 0.25) is 0 Å². The lowest BCUT2D eigenvalue weighted by Crippen LogP contribution is -2.51. The molecule has 2 unspecified atom stereocenters. The number of hydrogen-bond donors (Lipinski definition) is 1. The zero-order chi connectivity index (χ0) is 19.6. The highest BCUT2D eigenvalue weighted by Gasteiger charge is 2.39. The van der Waals surface area contributed by atoms with Crippen molar-refractivity contribution in [1.29, 1.82) is 0 Å². The molecule has 0 radical (unpaired) electrons. The fraction of sp³-hybridized carbons (Fsp3) is 0.474. The van der Waals surface area contributed by atoms with Gasteiger partial charge in [0.15, 0.2) is 0 Å². The predicted octanol–water partition coefficient (Wildman–Crippen LogP) is 3.48. The second-order valence-electron chi connectivity index (χ2n) is 5.78. The van der Waals surface area contributed by atoms with Crippen molar-refractivity contribution in [2.75, 3.05) is 26.3 Å². The van der Waals surface area contributed by atoms with E-state index in [1.54, 1.807) is 25.2 Å². The number of nitrogens with two attached hydrogens (primary N) is 1. The quantitative estimate of drug-likeness (QED) is 0.607. The lowest BCUT2D eigenvalue weighted by atomic mass is 9.96. The molecule has 0 fully saturated rings. The third kappa shape index (κ3) is 5.79. The Balaban J connectivity index is 2.34. The van der Waals surface area contributed by atoms with Crippen molar-refractivity contribution >= 4 is 34.7 Å². The van der Waals surface area contributed by atoms with Crippen LogP contribution < -0.4 is 5.73 Å². The van der Waals surface area contributed by atoms with Crippen LogP contribution in [0.5, 0.6) is 0 Å². The Morgan fingerprint density at radius 2 is 1.81 bits per heavy atom. The molecule has 0 aliphatic carbocycles. The van der Waals surface area contributed by atoms with E-state index in [1.165, 1.54) is 16.2 Å². The van der Waals surface area contributed by atoms with Gasteiger partial charge in [-0.3, -0.25) is 4.90 Å². The van der Waals surface area contributed by atoms with Crippen LogP contribution in [0, 0.1) is 0 Å². The lowest BCUT2D eigenvalue weighted by molar-refractivity contribution is -0.149. The van der Waals surface area contributed by atoms with Crippen molar-refractivity contribution in [3.8, 4) is 0 Å². The summed E-state index contributed by atoms with van der Waals surface area (Å²) in [5.41, 5.74) is 6.02. The molecule has 6 nitrogen and oxygen atoms in total. The fourth-order valence-electron chi connectivity index (χ4n) is 2.88. The van der Waals surface area contributed by atoms with Gasteiger partial charge in [-0.2, -0.15) is 0 Å². The monoisotopic (exact) mass is 410 g/mol. The number of amides is 1. The van der Waals surface area contributed by atoms with Gasteiger partial charge in [0, 0.05) is 28.8 Å². The summed E-state index contributed by atoms with van der Waals surface area (Å²) in [4.78, 5) is 29.1. The largest absolute Gasteiger partial charge is 0.464 e. The van der Waals surface area contributed by atoms with Crippen molar-refractivity contribution in [2.45, 2.75) is 32.2 Å². The van der Waals surface area contributed by atoms with Gasteiger partial charge in [0.2, 0.25) is 0 Å². The number of rotatable bonds is 10. The first-order valence-corrected chi connectivity index (χ1v) is 10.7. The Labute approximate surface area is 167 Å². The molecular weight excluding hydrogens is 384 g/mol. The van der Waals surface area contributed by atoms with E-state index in [1.807, 2.05) is 35.0 Å². The molecule has 2 aromatic heterocycles. The molecule has 0 bridgehead atoms. The van der Waals surface area contributed by atoms with Crippen LogP contribution in [0.25, 0.3) is 0 Å². The molecule has 27 heavy (non-hydrogen) atoms. The van der Waals surface area contributed by atoms with Crippen molar-refractivity contribution in [1.82, 2.24) is 4.90 Å². The second-order valence-corrected chi connectivity index (χ2v) is 7.79. The van der Waals surface area contributed by atoms with Gasteiger partial charge in [-0.15, -0.1) is 22.7 Å². The first-order valence-electron chi connectivity index (χ1n) is 8.98. The average Bonchev–Trinajstić information content (AvgIpc) is 3.35. The molecule has 0 aliphatic rings. The third-order valence-electron chi connectivity index (χ3n) is 4.09. The number of nitrogens with zero attached hydrogens (tertiary/aromatic N) is 1. The number of ether oxygens (including phenoxy) is 2. The van der Waals surface area contributed by atoms with Crippen molar-refractivity contribution in [2.24, 2.45) is 5.73 Å². The van der Waals surface area contributed by atoms with Gasteiger partial charge in [-0.1, -0.05) is 12.1 Å². The Kier molecular flexibility index (Phi) is 8.77. The van der Waals surface area contributed by atoms with Gasteiger partial charge in [0.05, 0.1) is 13.2 Å². The highest BCUT2D eigenvalue weighted by molar-refractivity contribution is 7.10. The average molecular weight is 411 g/mol. The predicted molar refractivity (Wildman–Crippen MR) is 108 cm³/mol. The number of carbonyl (C=O) groups is 2. The third-order valence-corrected chi connectivity index (χ3v) is 6.03. The van der Waals surface area contributed by atoms with E-state index in [9.17, 15) is 9.59 Å². The van der Waals surface area contributed by atoms with Crippen LogP contribution in [-0.4, -0.2) is 49.3 Å². The number of carbonyl (C=O) groups excluding carboxylic acids is 2.